The topological polar surface area (TPSA) is 46.5 Å². The largest absolute Gasteiger partial charge is 0.457 e. The highest BCUT2D eigenvalue weighted by molar-refractivity contribution is 6.30. The molecule has 0 radical (unpaired) electrons. The number of rotatable bonds is 4. The number of carbonyl (C=O) groups is 1. The van der Waals surface area contributed by atoms with Gasteiger partial charge in [0.05, 0.1) is 12.2 Å². The van der Waals surface area contributed by atoms with Gasteiger partial charge in [0.2, 0.25) is 0 Å². The highest BCUT2D eigenvalue weighted by atomic mass is 35.5. The van der Waals surface area contributed by atoms with Gasteiger partial charge in [-0.15, -0.1) is 0 Å². The van der Waals surface area contributed by atoms with Gasteiger partial charge in [0, 0.05) is 5.02 Å². The minimum Gasteiger partial charge on any atom is -0.457 e. The van der Waals surface area contributed by atoms with Gasteiger partial charge in [-0.05, 0) is 35.9 Å². The van der Waals surface area contributed by atoms with Crippen LogP contribution in [0.4, 0.5) is 0 Å². The SMILES string of the molecule is O=Cc1cc(Cl)ccc1Oc1ccc(CO)cc1. The number of hydrogen-bond donors (Lipinski definition) is 1. The summed E-state index contributed by atoms with van der Waals surface area (Å²) in [5.74, 6) is 1.05. The number of aliphatic hydroxyl groups excluding tert-OH is 1. The van der Waals surface area contributed by atoms with Crippen LogP contribution >= 0.6 is 11.6 Å². The van der Waals surface area contributed by atoms with Gasteiger partial charge >= 0.3 is 0 Å². The summed E-state index contributed by atoms with van der Waals surface area (Å²) in [5.41, 5.74) is 1.20. The number of carbonyl (C=O) groups excluding carboxylic acids is 1. The Hall–Kier alpha value is -1.84. The van der Waals surface area contributed by atoms with E-state index in [2.05, 4.69) is 0 Å². The molecule has 0 bridgehead atoms. The van der Waals surface area contributed by atoms with Crippen LogP contribution < -0.4 is 4.74 Å². The number of aliphatic hydroxyl groups is 1. The van der Waals surface area contributed by atoms with Crippen LogP contribution in [0.2, 0.25) is 5.02 Å². The predicted octanol–water partition coefficient (Wildman–Crippen LogP) is 3.44. The maximum atomic E-state index is 10.9. The number of hydrogen-bond acceptors (Lipinski definition) is 3. The maximum Gasteiger partial charge on any atom is 0.153 e. The second kappa shape index (κ2) is 5.67. The normalized spacial score (nSPS) is 10.1. The van der Waals surface area contributed by atoms with Crippen molar-refractivity contribution in [3.8, 4) is 11.5 Å². The summed E-state index contributed by atoms with van der Waals surface area (Å²) in [6.07, 6.45) is 0.698. The van der Waals surface area contributed by atoms with Crippen molar-refractivity contribution < 1.29 is 14.6 Å². The van der Waals surface area contributed by atoms with Crippen molar-refractivity contribution in [2.45, 2.75) is 6.61 Å². The Morgan fingerprint density at radius 2 is 1.89 bits per heavy atom. The molecule has 0 aliphatic rings. The Kier molecular flexibility index (Phi) is 3.97. The summed E-state index contributed by atoms with van der Waals surface area (Å²) < 4.78 is 5.58. The highest BCUT2D eigenvalue weighted by Gasteiger charge is 2.05. The van der Waals surface area contributed by atoms with Crippen LogP contribution in [0.5, 0.6) is 11.5 Å². The lowest BCUT2D eigenvalue weighted by atomic mass is 10.2. The van der Waals surface area contributed by atoms with E-state index in [4.69, 9.17) is 21.4 Å². The zero-order valence-corrected chi connectivity index (χ0v) is 10.2. The Labute approximate surface area is 110 Å². The molecule has 2 aromatic carbocycles. The first-order valence-corrected chi connectivity index (χ1v) is 5.73. The van der Waals surface area contributed by atoms with E-state index in [0.717, 1.165) is 5.56 Å². The molecule has 0 heterocycles. The molecule has 0 aromatic heterocycles. The molecule has 4 heteroatoms. The van der Waals surface area contributed by atoms with Crippen LogP contribution in [0, 0.1) is 0 Å². The summed E-state index contributed by atoms with van der Waals surface area (Å²) in [7, 11) is 0. The first-order chi connectivity index (χ1) is 8.72. The van der Waals surface area contributed by atoms with Crippen LogP contribution in [0.25, 0.3) is 0 Å². The Bertz CT molecular complexity index is 549. The Balaban J connectivity index is 2.24. The third kappa shape index (κ3) is 2.88. The van der Waals surface area contributed by atoms with Gasteiger partial charge in [0.1, 0.15) is 11.5 Å². The van der Waals surface area contributed by atoms with E-state index >= 15 is 0 Å². The molecular weight excluding hydrogens is 252 g/mol. The molecule has 18 heavy (non-hydrogen) atoms. The van der Waals surface area contributed by atoms with Crippen molar-refractivity contribution in [2.75, 3.05) is 0 Å². The van der Waals surface area contributed by atoms with E-state index < -0.39 is 0 Å². The Morgan fingerprint density at radius 1 is 1.17 bits per heavy atom. The summed E-state index contributed by atoms with van der Waals surface area (Å²) in [5, 5.41) is 9.42. The molecule has 0 unspecified atom stereocenters. The van der Waals surface area contributed by atoms with Crippen molar-refractivity contribution in [3.05, 3.63) is 58.6 Å². The predicted molar refractivity (Wildman–Crippen MR) is 69.3 cm³/mol. The lowest BCUT2D eigenvalue weighted by molar-refractivity contribution is 0.112. The van der Waals surface area contributed by atoms with Crippen LogP contribution in [-0.4, -0.2) is 11.4 Å². The summed E-state index contributed by atoms with van der Waals surface area (Å²) in [4.78, 5) is 10.9. The summed E-state index contributed by atoms with van der Waals surface area (Å²) in [6.45, 7) is -0.0131. The van der Waals surface area contributed by atoms with Gasteiger partial charge in [-0.3, -0.25) is 4.79 Å². The van der Waals surface area contributed by atoms with Gasteiger partial charge in [-0.25, -0.2) is 0 Å². The van der Waals surface area contributed by atoms with E-state index in [9.17, 15) is 4.79 Å². The van der Waals surface area contributed by atoms with Gasteiger partial charge < -0.3 is 9.84 Å². The fourth-order valence-electron chi connectivity index (χ4n) is 1.49. The molecule has 2 aromatic rings. The first kappa shape index (κ1) is 12.6. The maximum absolute atomic E-state index is 10.9. The standard InChI is InChI=1S/C14H11ClO3/c15-12-3-6-14(11(7-12)9-17)18-13-4-1-10(8-16)2-5-13/h1-7,9,16H,8H2. The van der Waals surface area contributed by atoms with E-state index in [-0.39, 0.29) is 6.61 Å². The molecule has 0 saturated carbocycles. The van der Waals surface area contributed by atoms with Gasteiger partial charge in [0.15, 0.2) is 6.29 Å². The molecule has 0 aliphatic carbocycles. The first-order valence-electron chi connectivity index (χ1n) is 5.35. The molecule has 0 fully saturated rings. The fraction of sp³-hybridized carbons (Fsp3) is 0.0714. The van der Waals surface area contributed by atoms with E-state index in [0.29, 0.717) is 28.4 Å². The van der Waals surface area contributed by atoms with Crippen molar-refractivity contribution in [1.29, 1.82) is 0 Å². The van der Waals surface area contributed by atoms with Crippen LogP contribution in [0.1, 0.15) is 15.9 Å². The molecule has 0 saturated heterocycles. The molecule has 0 spiro atoms. The molecule has 3 nitrogen and oxygen atoms in total. The fourth-order valence-corrected chi connectivity index (χ4v) is 1.67. The van der Waals surface area contributed by atoms with Crippen LogP contribution in [0.15, 0.2) is 42.5 Å². The third-order valence-corrected chi connectivity index (χ3v) is 2.67. The minimum atomic E-state index is -0.0131. The minimum absolute atomic E-state index is 0.0131. The van der Waals surface area contributed by atoms with Crippen molar-refractivity contribution in [3.63, 3.8) is 0 Å². The molecule has 0 aliphatic heterocycles. The lowest BCUT2D eigenvalue weighted by Gasteiger charge is -2.08. The smallest absolute Gasteiger partial charge is 0.153 e. The van der Waals surface area contributed by atoms with Crippen LogP contribution in [0.3, 0.4) is 0 Å². The second-order valence-corrected chi connectivity index (χ2v) is 4.14. The number of halogens is 1. The zero-order valence-electron chi connectivity index (χ0n) is 9.47. The van der Waals surface area contributed by atoms with Crippen LogP contribution in [-0.2, 0) is 6.61 Å². The van der Waals surface area contributed by atoms with E-state index in [1.54, 1.807) is 42.5 Å². The number of benzene rings is 2. The molecule has 0 amide bonds. The van der Waals surface area contributed by atoms with Crippen molar-refractivity contribution >= 4 is 17.9 Å². The number of ether oxygens (including phenoxy) is 1. The van der Waals surface area contributed by atoms with E-state index in [1.807, 2.05) is 0 Å². The monoisotopic (exact) mass is 262 g/mol. The highest BCUT2D eigenvalue weighted by Crippen LogP contribution is 2.27. The lowest BCUT2D eigenvalue weighted by Crippen LogP contribution is -1.91. The van der Waals surface area contributed by atoms with E-state index in [1.165, 1.54) is 0 Å². The second-order valence-electron chi connectivity index (χ2n) is 3.70. The van der Waals surface area contributed by atoms with Gasteiger partial charge in [0.25, 0.3) is 0 Å². The molecular formula is C14H11ClO3. The Morgan fingerprint density at radius 3 is 2.50 bits per heavy atom. The van der Waals surface area contributed by atoms with Gasteiger partial charge in [-0.1, -0.05) is 23.7 Å². The van der Waals surface area contributed by atoms with Gasteiger partial charge in [-0.2, -0.15) is 0 Å². The average molecular weight is 263 g/mol. The zero-order chi connectivity index (χ0) is 13.0. The summed E-state index contributed by atoms with van der Waals surface area (Å²) >= 11 is 5.80. The molecule has 0 atom stereocenters. The molecule has 1 N–H and O–H groups in total. The van der Waals surface area contributed by atoms with Crippen molar-refractivity contribution in [2.24, 2.45) is 0 Å². The quantitative estimate of drug-likeness (QED) is 0.859. The summed E-state index contributed by atoms with van der Waals surface area (Å²) in [6, 6.07) is 11.8. The third-order valence-electron chi connectivity index (χ3n) is 2.43. The average Bonchev–Trinajstić information content (AvgIpc) is 2.41. The molecule has 92 valence electrons. The van der Waals surface area contributed by atoms with Crippen molar-refractivity contribution in [1.82, 2.24) is 0 Å². The molecule has 2 rings (SSSR count). The number of aldehydes is 1.